The molecular formula is C13H12BN3OS2. The molecule has 2 aromatic rings. The van der Waals surface area contributed by atoms with E-state index in [9.17, 15) is 5.26 Å². The van der Waals surface area contributed by atoms with Crippen molar-refractivity contribution in [1.29, 1.82) is 5.26 Å². The van der Waals surface area contributed by atoms with Crippen LogP contribution in [-0.2, 0) is 4.65 Å². The average molecular weight is 301 g/mol. The van der Waals surface area contributed by atoms with Crippen LogP contribution in [0, 0.1) is 39.0 Å². The van der Waals surface area contributed by atoms with Gasteiger partial charge in [-0.3, -0.25) is 0 Å². The Kier molecular flexibility index (Phi) is 4.26. The molecule has 2 radical (unpaired) electrons. The first-order chi connectivity index (χ1) is 9.47. The van der Waals surface area contributed by atoms with Gasteiger partial charge >= 0.3 is 8.05 Å². The van der Waals surface area contributed by atoms with Crippen LogP contribution in [0.2, 0.25) is 0 Å². The summed E-state index contributed by atoms with van der Waals surface area (Å²) in [6, 6.07) is 2.14. The van der Waals surface area contributed by atoms with Gasteiger partial charge in [-0.25, -0.2) is 9.97 Å². The standard InChI is InChI=1S/C13H12BN3OS2/c1-6-11(16-8(3)19-6)10(5-15)13(18-14)12-7(2)20-9(4)17-12/h1-4H3. The quantitative estimate of drug-likeness (QED) is 0.496. The molecule has 0 aromatic carbocycles. The summed E-state index contributed by atoms with van der Waals surface area (Å²) in [5, 5.41) is 11.3. The highest BCUT2D eigenvalue weighted by molar-refractivity contribution is 7.12. The van der Waals surface area contributed by atoms with Crippen molar-refractivity contribution in [3.8, 4) is 6.07 Å². The Morgan fingerprint density at radius 3 is 1.90 bits per heavy atom. The molecule has 2 aromatic heterocycles. The largest absolute Gasteiger partial charge is 0.565 e. The van der Waals surface area contributed by atoms with Crippen LogP contribution in [0.3, 0.4) is 0 Å². The number of thiazole rings is 2. The summed E-state index contributed by atoms with van der Waals surface area (Å²) in [4.78, 5) is 10.7. The van der Waals surface area contributed by atoms with E-state index < -0.39 is 0 Å². The molecule has 0 aliphatic carbocycles. The third-order valence-corrected chi connectivity index (χ3v) is 4.49. The molecule has 0 atom stereocenters. The van der Waals surface area contributed by atoms with Crippen molar-refractivity contribution >= 4 is 42.1 Å². The van der Waals surface area contributed by atoms with Crippen LogP contribution >= 0.6 is 22.7 Å². The molecule has 7 heteroatoms. The summed E-state index contributed by atoms with van der Waals surface area (Å²) in [5.41, 5.74) is 1.54. The zero-order valence-corrected chi connectivity index (χ0v) is 13.3. The lowest BCUT2D eigenvalue weighted by molar-refractivity contribution is 0.570. The molecule has 0 amide bonds. The van der Waals surface area contributed by atoms with Gasteiger partial charge in [-0.05, 0) is 27.7 Å². The Labute approximate surface area is 127 Å². The van der Waals surface area contributed by atoms with Gasteiger partial charge in [0.15, 0.2) is 0 Å². The smallest absolute Gasteiger partial charge is 0.374 e. The molecular weight excluding hydrogens is 289 g/mol. The minimum Gasteiger partial charge on any atom is -0.565 e. The van der Waals surface area contributed by atoms with Crippen LogP contribution < -0.4 is 0 Å². The molecule has 0 N–H and O–H groups in total. The first kappa shape index (κ1) is 14.8. The van der Waals surface area contributed by atoms with Crippen LogP contribution in [0.25, 0.3) is 11.3 Å². The van der Waals surface area contributed by atoms with E-state index >= 15 is 0 Å². The first-order valence-corrected chi connectivity index (χ1v) is 7.51. The van der Waals surface area contributed by atoms with Crippen LogP contribution in [0.1, 0.15) is 31.2 Å². The van der Waals surface area contributed by atoms with Crippen molar-refractivity contribution in [2.75, 3.05) is 0 Å². The molecule has 0 fully saturated rings. The Hall–Kier alpha value is -1.65. The van der Waals surface area contributed by atoms with E-state index in [0.717, 1.165) is 19.8 Å². The highest BCUT2D eigenvalue weighted by atomic mass is 32.1. The summed E-state index contributed by atoms with van der Waals surface area (Å²) in [6.45, 7) is 7.65. The molecule has 0 spiro atoms. The number of nitrogens with zero attached hydrogens (tertiary/aromatic N) is 3. The number of hydrogen-bond donors (Lipinski definition) is 0. The maximum Gasteiger partial charge on any atom is 0.374 e. The van der Waals surface area contributed by atoms with Crippen molar-refractivity contribution in [1.82, 2.24) is 9.97 Å². The predicted molar refractivity (Wildman–Crippen MR) is 82.4 cm³/mol. The lowest BCUT2D eigenvalue weighted by Crippen LogP contribution is -1.98. The fourth-order valence-corrected chi connectivity index (χ4v) is 3.58. The van der Waals surface area contributed by atoms with Crippen LogP contribution in [-0.4, -0.2) is 18.0 Å². The normalized spacial score (nSPS) is 11.9. The van der Waals surface area contributed by atoms with Gasteiger partial charge in [-0.2, -0.15) is 5.26 Å². The topological polar surface area (TPSA) is 58.8 Å². The molecule has 2 heterocycles. The molecule has 2 rings (SSSR count). The second-order valence-electron chi connectivity index (χ2n) is 4.21. The van der Waals surface area contributed by atoms with Crippen molar-refractivity contribution in [3.05, 3.63) is 31.2 Å². The fourth-order valence-electron chi connectivity index (χ4n) is 1.94. The number of rotatable bonds is 3. The van der Waals surface area contributed by atoms with Crippen molar-refractivity contribution < 1.29 is 4.65 Å². The SMILES string of the molecule is [B]OC(=C(C#N)c1nc(C)sc1C)c1nc(C)sc1C. The van der Waals surface area contributed by atoms with Gasteiger partial charge in [0.05, 0.1) is 15.7 Å². The lowest BCUT2D eigenvalue weighted by atomic mass is 10.1. The van der Waals surface area contributed by atoms with E-state index in [-0.39, 0.29) is 5.76 Å². The minimum atomic E-state index is 0.280. The molecule has 0 aliphatic rings. The van der Waals surface area contributed by atoms with Gasteiger partial charge in [-0.1, -0.05) is 0 Å². The predicted octanol–water partition coefficient (Wildman–Crippen LogP) is 3.33. The average Bonchev–Trinajstić information content (AvgIpc) is 2.88. The lowest BCUT2D eigenvalue weighted by Gasteiger charge is -2.08. The van der Waals surface area contributed by atoms with Gasteiger partial charge in [-0.15, -0.1) is 22.7 Å². The molecule has 20 heavy (non-hydrogen) atoms. The van der Waals surface area contributed by atoms with Gasteiger partial charge in [0.1, 0.15) is 23.1 Å². The van der Waals surface area contributed by atoms with Crippen LogP contribution in [0.15, 0.2) is 0 Å². The van der Waals surface area contributed by atoms with Gasteiger partial charge in [0.25, 0.3) is 0 Å². The number of aromatic nitrogens is 2. The van der Waals surface area contributed by atoms with E-state index in [1.54, 1.807) is 0 Å². The third-order valence-electron chi connectivity index (χ3n) is 2.72. The Morgan fingerprint density at radius 2 is 1.55 bits per heavy atom. The molecule has 0 saturated carbocycles. The van der Waals surface area contributed by atoms with E-state index in [0.29, 0.717) is 17.0 Å². The van der Waals surface area contributed by atoms with E-state index in [4.69, 9.17) is 12.7 Å². The van der Waals surface area contributed by atoms with Crippen LogP contribution in [0.4, 0.5) is 0 Å². The van der Waals surface area contributed by atoms with Gasteiger partial charge in [0.2, 0.25) is 0 Å². The first-order valence-electron chi connectivity index (χ1n) is 5.87. The van der Waals surface area contributed by atoms with E-state index in [1.807, 2.05) is 27.7 Å². The zero-order chi connectivity index (χ0) is 14.9. The second-order valence-corrected chi connectivity index (χ2v) is 7.02. The summed E-state index contributed by atoms with van der Waals surface area (Å²) >= 11 is 3.07. The zero-order valence-electron chi connectivity index (χ0n) is 11.6. The number of nitriles is 1. The van der Waals surface area contributed by atoms with E-state index in [2.05, 4.69) is 16.0 Å². The number of allylic oxidation sites excluding steroid dienone is 1. The summed E-state index contributed by atoms with van der Waals surface area (Å²) in [6.07, 6.45) is 0. The molecule has 0 saturated heterocycles. The maximum atomic E-state index is 9.47. The summed E-state index contributed by atoms with van der Waals surface area (Å²) in [5.74, 6) is 0.280. The third kappa shape index (κ3) is 2.62. The summed E-state index contributed by atoms with van der Waals surface area (Å²) < 4.78 is 4.97. The second kappa shape index (κ2) is 5.77. The highest BCUT2D eigenvalue weighted by Gasteiger charge is 2.20. The molecule has 4 nitrogen and oxygen atoms in total. The van der Waals surface area contributed by atoms with Gasteiger partial charge < -0.3 is 4.65 Å². The number of aryl methyl sites for hydroxylation is 4. The van der Waals surface area contributed by atoms with E-state index in [1.165, 1.54) is 22.7 Å². The fraction of sp³-hybridized carbons (Fsp3) is 0.308. The minimum absolute atomic E-state index is 0.280. The highest BCUT2D eigenvalue weighted by Crippen LogP contribution is 2.32. The Morgan fingerprint density at radius 1 is 1.05 bits per heavy atom. The Bertz CT molecular complexity index is 725. The maximum absolute atomic E-state index is 9.47. The molecule has 0 aliphatic heterocycles. The van der Waals surface area contributed by atoms with Crippen molar-refractivity contribution in [2.24, 2.45) is 0 Å². The monoisotopic (exact) mass is 301 g/mol. The Balaban J connectivity index is 2.69. The molecule has 100 valence electrons. The molecule has 0 bridgehead atoms. The molecule has 0 unspecified atom stereocenters. The van der Waals surface area contributed by atoms with Crippen molar-refractivity contribution in [2.45, 2.75) is 27.7 Å². The van der Waals surface area contributed by atoms with Gasteiger partial charge in [0, 0.05) is 9.75 Å². The number of hydrogen-bond acceptors (Lipinski definition) is 6. The van der Waals surface area contributed by atoms with Crippen molar-refractivity contribution in [3.63, 3.8) is 0 Å². The summed E-state index contributed by atoms with van der Waals surface area (Å²) in [7, 11) is 5.38. The van der Waals surface area contributed by atoms with Crippen LogP contribution in [0.5, 0.6) is 0 Å².